The number of nitrogens with one attached hydrogen (secondary N) is 2. The summed E-state index contributed by atoms with van der Waals surface area (Å²) in [6.45, 7) is 0. The van der Waals surface area contributed by atoms with Crippen LogP contribution in [0.25, 0.3) is 0 Å². The lowest BCUT2D eigenvalue weighted by atomic mass is 10.2. The van der Waals surface area contributed by atoms with Crippen LogP contribution in [0.2, 0.25) is 0 Å². The molecule has 0 saturated carbocycles. The Labute approximate surface area is 163 Å². The van der Waals surface area contributed by atoms with Gasteiger partial charge in [-0.15, -0.1) is 0 Å². The van der Waals surface area contributed by atoms with Crippen LogP contribution in [0.1, 0.15) is 10.5 Å². The maximum Gasteiger partial charge on any atom is 0.274 e. The van der Waals surface area contributed by atoms with Gasteiger partial charge in [0.15, 0.2) is 11.5 Å². The number of rotatable bonds is 7. The van der Waals surface area contributed by atoms with E-state index in [-0.39, 0.29) is 5.91 Å². The van der Waals surface area contributed by atoms with E-state index in [0.717, 1.165) is 11.4 Å². The number of pyridine rings is 1. The number of aromatic nitrogens is 1. The van der Waals surface area contributed by atoms with Crippen LogP contribution in [-0.4, -0.2) is 32.2 Å². The number of nitrogens with zero attached hydrogens (tertiary/aromatic N) is 1. The van der Waals surface area contributed by atoms with Crippen molar-refractivity contribution in [3.05, 3.63) is 66.5 Å². The SMILES string of the molecule is COc1cccc(NC(=O)c2ccc(Nc3ccc(OC)c(OC)c3)cn2)c1. The minimum atomic E-state index is -0.300. The molecule has 0 saturated heterocycles. The van der Waals surface area contributed by atoms with Gasteiger partial charge >= 0.3 is 0 Å². The molecule has 1 heterocycles. The van der Waals surface area contributed by atoms with Crippen LogP contribution in [0, 0.1) is 0 Å². The third-order valence-corrected chi connectivity index (χ3v) is 4.00. The molecule has 7 heteroatoms. The lowest BCUT2D eigenvalue weighted by Crippen LogP contribution is -2.13. The molecule has 2 N–H and O–H groups in total. The number of ether oxygens (including phenoxy) is 3. The Balaban J connectivity index is 1.68. The molecule has 0 atom stereocenters. The highest BCUT2D eigenvalue weighted by Gasteiger charge is 2.09. The van der Waals surface area contributed by atoms with Crippen molar-refractivity contribution in [2.45, 2.75) is 0 Å². The van der Waals surface area contributed by atoms with E-state index in [0.29, 0.717) is 28.6 Å². The summed E-state index contributed by atoms with van der Waals surface area (Å²) in [6, 6.07) is 16.1. The number of hydrogen-bond donors (Lipinski definition) is 2. The van der Waals surface area contributed by atoms with Crippen LogP contribution in [0.15, 0.2) is 60.8 Å². The van der Waals surface area contributed by atoms with Crippen molar-refractivity contribution in [2.24, 2.45) is 0 Å². The van der Waals surface area contributed by atoms with E-state index in [1.165, 1.54) is 0 Å². The van der Waals surface area contributed by atoms with Crippen LogP contribution in [0.5, 0.6) is 17.2 Å². The third kappa shape index (κ3) is 4.50. The van der Waals surface area contributed by atoms with Crippen molar-refractivity contribution < 1.29 is 19.0 Å². The summed E-state index contributed by atoms with van der Waals surface area (Å²) < 4.78 is 15.7. The van der Waals surface area contributed by atoms with Gasteiger partial charge < -0.3 is 24.8 Å². The van der Waals surface area contributed by atoms with Crippen LogP contribution in [-0.2, 0) is 0 Å². The predicted octanol–water partition coefficient (Wildman–Crippen LogP) is 4.10. The maximum absolute atomic E-state index is 12.4. The lowest BCUT2D eigenvalue weighted by molar-refractivity contribution is 0.102. The van der Waals surface area contributed by atoms with E-state index >= 15 is 0 Å². The number of benzene rings is 2. The Morgan fingerprint density at radius 3 is 2.29 bits per heavy atom. The summed E-state index contributed by atoms with van der Waals surface area (Å²) in [5.74, 6) is 1.64. The average molecular weight is 379 g/mol. The summed E-state index contributed by atoms with van der Waals surface area (Å²) in [6.07, 6.45) is 1.59. The Morgan fingerprint density at radius 1 is 0.821 bits per heavy atom. The Hall–Kier alpha value is -3.74. The molecule has 0 fully saturated rings. The molecule has 0 aliphatic carbocycles. The number of hydrogen-bond acceptors (Lipinski definition) is 6. The van der Waals surface area contributed by atoms with Gasteiger partial charge in [0.25, 0.3) is 5.91 Å². The first-order chi connectivity index (χ1) is 13.6. The normalized spacial score (nSPS) is 10.1. The van der Waals surface area contributed by atoms with E-state index in [4.69, 9.17) is 14.2 Å². The number of anilines is 3. The van der Waals surface area contributed by atoms with E-state index in [2.05, 4.69) is 15.6 Å². The number of carbonyl (C=O) groups is 1. The molecular formula is C21H21N3O4. The second-order valence-electron chi connectivity index (χ2n) is 5.81. The smallest absolute Gasteiger partial charge is 0.274 e. The van der Waals surface area contributed by atoms with Gasteiger partial charge in [-0.05, 0) is 36.4 Å². The molecule has 0 bridgehead atoms. The van der Waals surface area contributed by atoms with Crippen molar-refractivity contribution in [3.8, 4) is 17.2 Å². The molecule has 28 heavy (non-hydrogen) atoms. The van der Waals surface area contributed by atoms with Crippen molar-refractivity contribution >= 4 is 23.0 Å². The fourth-order valence-corrected chi connectivity index (χ4v) is 2.58. The van der Waals surface area contributed by atoms with Crippen molar-refractivity contribution in [1.82, 2.24) is 4.98 Å². The highest BCUT2D eigenvalue weighted by atomic mass is 16.5. The largest absolute Gasteiger partial charge is 0.497 e. The summed E-state index contributed by atoms with van der Waals surface area (Å²) >= 11 is 0. The van der Waals surface area contributed by atoms with Gasteiger partial charge in [0, 0.05) is 23.5 Å². The van der Waals surface area contributed by atoms with Gasteiger partial charge in [-0.25, -0.2) is 4.98 Å². The molecule has 2 aromatic carbocycles. The van der Waals surface area contributed by atoms with E-state index in [9.17, 15) is 4.79 Å². The van der Waals surface area contributed by atoms with Gasteiger partial charge in [-0.2, -0.15) is 0 Å². The summed E-state index contributed by atoms with van der Waals surface area (Å²) in [4.78, 5) is 16.6. The molecule has 144 valence electrons. The van der Waals surface area contributed by atoms with Gasteiger partial charge in [0.1, 0.15) is 11.4 Å². The van der Waals surface area contributed by atoms with Crippen molar-refractivity contribution in [1.29, 1.82) is 0 Å². The molecule has 0 spiro atoms. The molecule has 1 amide bonds. The molecule has 0 unspecified atom stereocenters. The van der Waals surface area contributed by atoms with E-state index in [1.807, 2.05) is 24.3 Å². The quantitative estimate of drug-likeness (QED) is 0.643. The van der Waals surface area contributed by atoms with Gasteiger partial charge in [0.05, 0.1) is 33.2 Å². The summed E-state index contributed by atoms with van der Waals surface area (Å²) in [5.41, 5.74) is 2.50. The molecule has 3 aromatic rings. The maximum atomic E-state index is 12.4. The molecule has 3 rings (SSSR count). The second-order valence-corrected chi connectivity index (χ2v) is 5.81. The lowest BCUT2D eigenvalue weighted by Gasteiger charge is -2.11. The first-order valence-corrected chi connectivity index (χ1v) is 8.53. The number of methoxy groups -OCH3 is 3. The number of carbonyl (C=O) groups excluding carboxylic acids is 1. The van der Waals surface area contributed by atoms with E-state index in [1.54, 1.807) is 57.9 Å². The molecule has 7 nitrogen and oxygen atoms in total. The Morgan fingerprint density at radius 2 is 1.61 bits per heavy atom. The summed E-state index contributed by atoms with van der Waals surface area (Å²) in [7, 11) is 4.75. The third-order valence-electron chi connectivity index (χ3n) is 4.00. The van der Waals surface area contributed by atoms with Crippen LogP contribution in [0.4, 0.5) is 17.1 Å². The summed E-state index contributed by atoms with van der Waals surface area (Å²) in [5, 5.41) is 6.01. The Bertz CT molecular complexity index is 958. The highest BCUT2D eigenvalue weighted by molar-refractivity contribution is 6.03. The first kappa shape index (κ1) is 19.0. The fourth-order valence-electron chi connectivity index (χ4n) is 2.58. The monoisotopic (exact) mass is 379 g/mol. The van der Waals surface area contributed by atoms with Crippen molar-refractivity contribution in [2.75, 3.05) is 32.0 Å². The molecule has 0 aliphatic heterocycles. The van der Waals surface area contributed by atoms with Crippen LogP contribution < -0.4 is 24.8 Å². The Kier molecular flexibility index (Phi) is 5.96. The second kappa shape index (κ2) is 8.77. The number of amides is 1. The minimum Gasteiger partial charge on any atom is -0.497 e. The van der Waals surface area contributed by atoms with Gasteiger partial charge in [-0.3, -0.25) is 4.79 Å². The zero-order chi connectivity index (χ0) is 19.9. The average Bonchev–Trinajstić information content (AvgIpc) is 2.74. The van der Waals surface area contributed by atoms with Crippen LogP contribution >= 0.6 is 0 Å². The van der Waals surface area contributed by atoms with Crippen LogP contribution in [0.3, 0.4) is 0 Å². The van der Waals surface area contributed by atoms with E-state index < -0.39 is 0 Å². The molecule has 1 aromatic heterocycles. The topological polar surface area (TPSA) is 81.7 Å². The molecule has 0 aliphatic rings. The first-order valence-electron chi connectivity index (χ1n) is 8.53. The molecule has 0 radical (unpaired) electrons. The predicted molar refractivity (Wildman–Crippen MR) is 108 cm³/mol. The molecular weight excluding hydrogens is 358 g/mol. The van der Waals surface area contributed by atoms with Crippen molar-refractivity contribution in [3.63, 3.8) is 0 Å². The zero-order valence-corrected chi connectivity index (χ0v) is 15.9. The zero-order valence-electron chi connectivity index (χ0n) is 15.9. The fraction of sp³-hybridized carbons (Fsp3) is 0.143. The standard InChI is InChI=1S/C21H21N3O4/c1-26-17-6-4-5-14(11-17)24-21(25)18-9-7-16(13-22-18)23-15-8-10-19(27-2)20(12-15)28-3/h4-13,23H,1-3H3,(H,24,25). The van der Waals surface area contributed by atoms with Gasteiger partial charge in [0.2, 0.25) is 0 Å². The highest BCUT2D eigenvalue weighted by Crippen LogP contribution is 2.31. The van der Waals surface area contributed by atoms with Gasteiger partial charge in [-0.1, -0.05) is 6.07 Å². The minimum absolute atomic E-state index is 0.300.